The molecule has 8 nitrogen and oxygen atoms in total. The fraction of sp³-hybridized carbons (Fsp3) is 0.538. The van der Waals surface area contributed by atoms with Gasteiger partial charge in [-0.15, -0.1) is 0 Å². The Balaban J connectivity index is 2.93. The van der Waals surface area contributed by atoms with Crippen molar-refractivity contribution in [2.75, 3.05) is 0 Å². The summed E-state index contributed by atoms with van der Waals surface area (Å²) in [5, 5.41) is 11.4. The lowest BCUT2D eigenvalue weighted by Gasteiger charge is -2.20. The van der Waals surface area contributed by atoms with Crippen molar-refractivity contribution in [3.63, 3.8) is 0 Å². The topological polar surface area (TPSA) is 121 Å². The minimum absolute atomic E-state index is 0.0890. The highest BCUT2D eigenvalue weighted by atomic mass is 19.1. The SMILES string of the molecule is CC(C)(C)CC(=O)N[C@@H](Cn1cc(F)c(=O)[nH]c1=O)C(=O)O. The van der Waals surface area contributed by atoms with Crippen LogP contribution in [0.25, 0.3) is 0 Å². The van der Waals surface area contributed by atoms with E-state index in [4.69, 9.17) is 5.11 Å². The molecule has 0 aromatic carbocycles. The molecule has 22 heavy (non-hydrogen) atoms. The van der Waals surface area contributed by atoms with E-state index in [0.717, 1.165) is 0 Å². The van der Waals surface area contributed by atoms with Crippen LogP contribution in [0.5, 0.6) is 0 Å². The maximum Gasteiger partial charge on any atom is 0.328 e. The molecule has 3 N–H and O–H groups in total. The van der Waals surface area contributed by atoms with Gasteiger partial charge in [-0.25, -0.2) is 9.59 Å². The van der Waals surface area contributed by atoms with E-state index in [1.807, 2.05) is 20.8 Å². The molecule has 0 spiro atoms. The Kier molecular flexibility index (Phi) is 5.23. The molecular formula is C13H18FN3O5. The Hall–Kier alpha value is -2.45. The fourth-order valence-electron chi connectivity index (χ4n) is 1.73. The van der Waals surface area contributed by atoms with Crippen molar-refractivity contribution in [3.8, 4) is 0 Å². The van der Waals surface area contributed by atoms with E-state index >= 15 is 0 Å². The normalized spacial score (nSPS) is 12.7. The van der Waals surface area contributed by atoms with Gasteiger partial charge in [0.05, 0.1) is 12.7 Å². The summed E-state index contributed by atoms with van der Waals surface area (Å²) in [5.41, 5.74) is -2.48. The second-order valence-corrected chi connectivity index (χ2v) is 6.08. The summed E-state index contributed by atoms with van der Waals surface area (Å²) in [6, 6.07) is -1.42. The van der Waals surface area contributed by atoms with Crippen molar-refractivity contribution in [3.05, 3.63) is 32.9 Å². The Morgan fingerprint density at radius 1 is 1.41 bits per heavy atom. The van der Waals surface area contributed by atoms with E-state index < -0.39 is 41.5 Å². The summed E-state index contributed by atoms with van der Waals surface area (Å²) in [4.78, 5) is 47.1. The standard InChI is InChI=1S/C13H18FN3O5/c1-13(2,3)4-9(18)15-8(11(20)21)6-17-5-7(14)10(19)16-12(17)22/h5,8H,4,6H2,1-3H3,(H,15,18)(H,20,21)(H,16,19,22)/t8-/m0/s1. The molecule has 1 rings (SSSR count). The average Bonchev–Trinajstić information content (AvgIpc) is 2.32. The zero-order valence-corrected chi connectivity index (χ0v) is 12.5. The van der Waals surface area contributed by atoms with Crippen LogP contribution in [0.4, 0.5) is 4.39 Å². The minimum atomic E-state index is -1.42. The van der Waals surface area contributed by atoms with Crippen LogP contribution < -0.4 is 16.6 Å². The highest BCUT2D eigenvalue weighted by Gasteiger charge is 2.24. The maximum atomic E-state index is 13.2. The first-order valence-electron chi connectivity index (χ1n) is 6.51. The number of aromatic amines is 1. The number of carboxylic acid groups (broad SMARTS) is 1. The molecule has 1 heterocycles. The summed E-state index contributed by atoms with van der Waals surface area (Å²) < 4.78 is 13.8. The number of amides is 1. The van der Waals surface area contributed by atoms with Crippen LogP contribution in [0, 0.1) is 11.2 Å². The van der Waals surface area contributed by atoms with Crippen molar-refractivity contribution in [2.24, 2.45) is 5.41 Å². The number of halogens is 1. The molecule has 9 heteroatoms. The predicted molar refractivity (Wildman–Crippen MR) is 74.9 cm³/mol. The first kappa shape index (κ1) is 17.6. The van der Waals surface area contributed by atoms with Crippen molar-refractivity contribution in [1.29, 1.82) is 0 Å². The van der Waals surface area contributed by atoms with Crippen LogP contribution in [0.3, 0.4) is 0 Å². The van der Waals surface area contributed by atoms with Crippen LogP contribution in [0.1, 0.15) is 27.2 Å². The van der Waals surface area contributed by atoms with Crippen LogP contribution in [0.15, 0.2) is 15.8 Å². The van der Waals surface area contributed by atoms with Crippen LogP contribution in [-0.4, -0.2) is 32.6 Å². The summed E-state index contributed by atoms with van der Waals surface area (Å²) >= 11 is 0. The molecule has 0 bridgehead atoms. The summed E-state index contributed by atoms with van der Waals surface area (Å²) in [6.45, 7) is 4.93. The fourth-order valence-corrected chi connectivity index (χ4v) is 1.73. The number of rotatable bonds is 5. The van der Waals surface area contributed by atoms with E-state index in [9.17, 15) is 23.6 Å². The predicted octanol–water partition coefficient (Wildman–Crippen LogP) is -0.319. The highest BCUT2D eigenvalue weighted by molar-refractivity contribution is 5.83. The second kappa shape index (κ2) is 6.54. The zero-order valence-electron chi connectivity index (χ0n) is 12.5. The Labute approximate surface area is 125 Å². The zero-order chi connectivity index (χ0) is 17.1. The van der Waals surface area contributed by atoms with Gasteiger partial charge in [0, 0.05) is 6.42 Å². The Morgan fingerprint density at radius 3 is 2.50 bits per heavy atom. The van der Waals surface area contributed by atoms with Crippen molar-refractivity contribution in [1.82, 2.24) is 14.9 Å². The van der Waals surface area contributed by atoms with Gasteiger partial charge in [-0.05, 0) is 5.41 Å². The Bertz CT molecular complexity index is 686. The van der Waals surface area contributed by atoms with E-state index in [1.165, 1.54) is 0 Å². The molecule has 0 aliphatic rings. The average molecular weight is 315 g/mol. The van der Waals surface area contributed by atoms with Gasteiger partial charge in [0.2, 0.25) is 11.7 Å². The molecule has 1 amide bonds. The number of H-pyrrole nitrogens is 1. The molecule has 0 aliphatic carbocycles. The molecule has 0 aliphatic heterocycles. The maximum absolute atomic E-state index is 13.2. The molecule has 1 atom stereocenters. The van der Waals surface area contributed by atoms with Gasteiger partial charge >= 0.3 is 11.7 Å². The third-order valence-corrected chi connectivity index (χ3v) is 2.67. The number of hydrogen-bond acceptors (Lipinski definition) is 4. The number of carboxylic acids is 1. The van der Waals surface area contributed by atoms with Crippen LogP contribution >= 0.6 is 0 Å². The number of carbonyl (C=O) groups is 2. The quantitative estimate of drug-likeness (QED) is 0.687. The van der Waals surface area contributed by atoms with Crippen LogP contribution in [0.2, 0.25) is 0 Å². The van der Waals surface area contributed by atoms with Gasteiger partial charge in [-0.3, -0.25) is 19.1 Å². The lowest BCUT2D eigenvalue weighted by molar-refractivity contribution is -0.142. The van der Waals surface area contributed by atoms with Crippen molar-refractivity contribution >= 4 is 11.9 Å². The van der Waals surface area contributed by atoms with E-state index in [0.29, 0.717) is 10.8 Å². The third-order valence-electron chi connectivity index (χ3n) is 2.67. The van der Waals surface area contributed by atoms with E-state index in [-0.39, 0.29) is 11.8 Å². The number of nitrogens with one attached hydrogen (secondary N) is 2. The molecule has 0 unspecified atom stereocenters. The number of carbonyl (C=O) groups excluding carboxylic acids is 1. The third kappa shape index (κ3) is 5.15. The Morgan fingerprint density at radius 2 is 2.00 bits per heavy atom. The number of aliphatic carboxylic acids is 1. The summed E-state index contributed by atoms with van der Waals surface area (Å²) in [7, 11) is 0. The van der Waals surface area contributed by atoms with Crippen molar-refractivity contribution < 1.29 is 19.1 Å². The van der Waals surface area contributed by atoms with Gasteiger partial charge in [-0.1, -0.05) is 20.8 Å². The lowest BCUT2D eigenvalue weighted by atomic mass is 9.92. The van der Waals surface area contributed by atoms with E-state index in [1.54, 1.807) is 4.98 Å². The number of aromatic nitrogens is 2. The van der Waals surface area contributed by atoms with Gasteiger partial charge in [0.25, 0.3) is 5.56 Å². The molecular weight excluding hydrogens is 297 g/mol. The molecule has 1 aromatic heterocycles. The molecule has 122 valence electrons. The number of hydrogen-bond donors (Lipinski definition) is 3. The molecule has 0 fully saturated rings. The molecule has 0 saturated carbocycles. The summed E-state index contributed by atoms with van der Waals surface area (Å²) in [6.07, 6.45) is 0.693. The van der Waals surface area contributed by atoms with Gasteiger partial charge < -0.3 is 10.4 Å². The van der Waals surface area contributed by atoms with Gasteiger partial charge in [0.15, 0.2) is 0 Å². The molecule has 0 saturated heterocycles. The minimum Gasteiger partial charge on any atom is -0.480 e. The largest absolute Gasteiger partial charge is 0.480 e. The first-order valence-corrected chi connectivity index (χ1v) is 6.51. The molecule has 0 radical (unpaired) electrons. The van der Waals surface area contributed by atoms with Gasteiger partial charge in [0.1, 0.15) is 6.04 Å². The van der Waals surface area contributed by atoms with Gasteiger partial charge in [-0.2, -0.15) is 4.39 Å². The van der Waals surface area contributed by atoms with E-state index in [2.05, 4.69) is 5.32 Å². The monoisotopic (exact) mass is 315 g/mol. The molecule has 1 aromatic rings. The first-order chi connectivity index (χ1) is 9.99. The number of nitrogens with zero attached hydrogens (tertiary/aromatic N) is 1. The van der Waals surface area contributed by atoms with Crippen LogP contribution in [-0.2, 0) is 16.1 Å². The summed E-state index contributed by atoms with van der Waals surface area (Å²) in [5.74, 6) is -3.09. The highest BCUT2D eigenvalue weighted by Crippen LogP contribution is 2.17. The smallest absolute Gasteiger partial charge is 0.328 e. The second-order valence-electron chi connectivity index (χ2n) is 6.08. The lowest BCUT2D eigenvalue weighted by Crippen LogP contribution is -2.47. The van der Waals surface area contributed by atoms with Crippen molar-refractivity contribution in [2.45, 2.75) is 39.8 Å².